The van der Waals surface area contributed by atoms with E-state index in [1.54, 1.807) is 11.0 Å². The molecule has 2 aliphatic rings. The molecule has 0 spiro atoms. The van der Waals surface area contributed by atoms with E-state index in [0.29, 0.717) is 24.0 Å². The Kier molecular flexibility index (Phi) is 3.86. The number of anilines is 1. The lowest BCUT2D eigenvalue weighted by molar-refractivity contribution is -0.137. The highest BCUT2D eigenvalue weighted by molar-refractivity contribution is 6.17. The quantitative estimate of drug-likeness (QED) is 0.782. The number of carbonyl (C=O) groups is 1. The number of carbonyl (C=O) groups excluding carboxylic acids is 1. The van der Waals surface area contributed by atoms with E-state index in [9.17, 15) is 18.0 Å². The molecule has 1 fully saturated rings. The number of nitrogens with zero attached hydrogens (tertiary/aromatic N) is 2. The van der Waals surface area contributed by atoms with E-state index in [4.69, 9.17) is 0 Å². The number of hydrogen-bond acceptors (Lipinski definition) is 1. The number of hydrogen-bond donors (Lipinski definition) is 0. The third kappa shape index (κ3) is 3.00. The zero-order valence-electron chi connectivity index (χ0n) is 14.1. The fourth-order valence-corrected chi connectivity index (χ4v) is 3.30. The van der Waals surface area contributed by atoms with Gasteiger partial charge >= 0.3 is 6.18 Å². The van der Waals surface area contributed by atoms with Crippen LogP contribution >= 0.6 is 0 Å². The average Bonchev–Trinajstić information content (AvgIpc) is 3.24. The number of alkyl halides is 3. The van der Waals surface area contributed by atoms with E-state index in [2.05, 4.69) is 4.99 Å². The predicted octanol–water partition coefficient (Wildman–Crippen LogP) is 4.65. The van der Waals surface area contributed by atoms with Crippen LogP contribution in [0, 0.1) is 11.8 Å². The average molecular weight is 358 g/mol. The van der Waals surface area contributed by atoms with Crippen LogP contribution in [0.3, 0.4) is 0 Å². The second-order valence-electron chi connectivity index (χ2n) is 6.88. The van der Waals surface area contributed by atoms with Gasteiger partial charge in [0.2, 0.25) is 0 Å². The summed E-state index contributed by atoms with van der Waals surface area (Å²) in [6.07, 6.45) is -3.60. The maximum Gasteiger partial charge on any atom is 0.416 e. The number of fused-ring (bicyclic) bond motifs is 1. The zero-order chi connectivity index (χ0) is 18.5. The van der Waals surface area contributed by atoms with Crippen molar-refractivity contribution in [3.05, 3.63) is 65.2 Å². The lowest BCUT2D eigenvalue weighted by atomic mass is 10.1. The Bertz CT molecular complexity index is 904. The lowest BCUT2D eigenvalue weighted by Crippen LogP contribution is -2.26. The van der Waals surface area contributed by atoms with Crippen LogP contribution in [0.5, 0.6) is 0 Å². The van der Waals surface area contributed by atoms with E-state index in [1.165, 1.54) is 6.07 Å². The van der Waals surface area contributed by atoms with Crippen LogP contribution < -0.4 is 4.90 Å². The van der Waals surface area contributed by atoms with Gasteiger partial charge in [-0.15, -0.1) is 0 Å². The van der Waals surface area contributed by atoms with Crippen molar-refractivity contribution in [2.75, 3.05) is 4.90 Å². The molecule has 2 atom stereocenters. The summed E-state index contributed by atoms with van der Waals surface area (Å²) >= 11 is 0. The molecule has 0 radical (unpaired) electrons. The van der Waals surface area contributed by atoms with Crippen LogP contribution in [0.4, 0.5) is 18.9 Å². The Morgan fingerprint density at radius 2 is 1.88 bits per heavy atom. The molecule has 2 aromatic rings. The number of amides is 1. The molecule has 0 saturated heterocycles. The van der Waals surface area contributed by atoms with Crippen molar-refractivity contribution in [2.45, 2.75) is 26.1 Å². The van der Waals surface area contributed by atoms with Gasteiger partial charge in [0.15, 0.2) is 0 Å². The maximum atomic E-state index is 13.1. The zero-order valence-corrected chi connectivity index (χ0v) is 14.1. The Balaban J connectivity index is 1.76. The SMILES string of the molecule is C[C@H]1C[C@@H]1C(=O)N=C1c2ccccc2CN1c1cccc(C(F)(F)F)c1. The summed E-state index contributed by atoms with van der Waals surface area (Å²) in [6, 6.07) is 12.6. The van der Waals surface area contributed by atoms with Crippen LogP contribution in [0.1, 0.15) is 30.0 Å². The van der Waals surface area contributed by atoms with Gasteiger partial charge < -0.3 is 4.90 Å². The molecule has 0 N–H and O–H groups in total. The number of aliphatic imine (C=N–C) groups is 1. The van der Waals surface area contributed by atoms with Gasteiger partial charge in [0.05, 0.1) is 12.1 Å². The van der Waals surface area contributed by atoms with Crippen molar-refractivity contribution in [1.82, 2.24) is 0 Å². The highest BCUT2D eigenvalue weighted by Crippen LogP contribution is 2.40. The number of benzene rings is 2. The third-order valence-electron chi connectivity index (χ3n) is 4.97. The second kappa shape index (κ2) is 5.97. The predicted molar refractivity (Wildman–Crippen MR) is 92.9 cm³/mol. The summed E-state index contributed by atoms with van der Waals surface area (Å²) in [5, 5.41) is 0. The molecule has 0 bridgehead atoms. The van der Waals surface area contributed by atoms with Gasteiger partial charge in [0.25, 0.3) is 5.91 Å². The minimum absolute atomic E-state index is 0.0707. The van der Waals surface area contributed by atoms with Crippen LogP contribution in [-0.4, -0.2) is 11.7 Å². The molecule has 1 aliphatic carbocycles. The highest BCUT2D eigenvalue weighted by atomic mass is 19.4. The lowest BCUT2D eigenvalue weighted by Gasteiger charge is -2.20. The van der Waals surface area contributed by atoms with Crippen molar-refractivity contribution in [3.8, 4) is 0 Å². The first-order valence-electron chi connectivity index (χ1n) is 8.50. The third-order valence-corrected chi connectivity index (χ3v) is 4.97. The van der Waals surface area contributed by atoms with Crippen molar-refractivity contribution >= 4 is 17.4 Å². The number of amidine groups is 1. The molecule has 3 nitrogen and oxygen atoms in total. The van der Waals surface area contributed by atoms with Crippen molar-refractivity contribution < 1.29 is 18.0 Å². The summed E-state index contributed by atoms with van der Waals surface area (Å²) in [7, 11) is 0. The molecule has 2 aromatic carbocycles. The van der Waals surface area contributed by atoms with Gasteiger partial charge in [0, 0.05) is 17.2 Å². The van der Waals surface area contributed by atoms with Gasteiger partial charge in [0.1, 0.15) is 5.84 Å². The molecular formula is C20H17F3N2O. The first-order valence-corrected chi connectivity index (χ1v) is 8.50. The summed E-state index contributed by atoms with van der Waals surface area (Å²) in [6.45, 7) is 2.39. The summed E-state index contributed by atoms with van der Waals surface area (Å²) in [4.78, 5) is 18.4. The van der Waals surface area contributed by atoms with Crippen LogP contribution in [0.2, 0.25) is 0 Å². The monoisotopic (exact) mass is 358 g/mol. The molecule has 4 rings (SSSR count). The van der Waals surface area contributed by atoms with Crippen molar-refractivity contribution in [2.24, 2.45) is 16.8 Å². The van der Waals surface area contributed by atoms with Crippen molar-refractivity contribution in [1.29, 1.82) is 0 Å². The van der Waals surface area contributed by atoms with E-state index >= 15 is 0 Å². The molecule has 1 heterocycles. The van der Waals surface area contributed by atoms with Gasteiger partial charge in [-0.2, -0.15) is 18.2 Å². The second-order valence-corrected chi connectivity index (χ2v) is 6.88. The largest absolute Gasteiger partial charge is 0.416 e. The van der Waals surface area contributed by atoms with Crippen molar-refractivity contribution in [3.63, 3.8) is 0 Å². The topological polar surface area (TPSA) is 32.7 Å². The summed E-state index contributed by atoms with van der Waals surface area (Å²) in [5.74, 6) is 0.495. The molecule has 6 heteroatoms. The van der Waals surface area contributed by atoms with E-state index in [1.807, 2.05) is 31.2 Å². The molecule has 1 amide bonds. The summed E-state index contributed by atoms with van der Waals surface area (Å²) < 4.78 is 39.2. The number of halogens is 3. The molecular weight excluding hydrogens is 341 g/mol. The first-order chi connectivity index (χ1) is 12.3. The number of rotatable bonds is 2. The van der Waals surface area contributed by atoms with E-state index < -0.39 is 11.7 Å². The van der Waals surface area contributed by atoms with Gasteiger partial charge in [-0.05, 0) is 36.1 Å². The molecule has 26 heavy (non-hydrogen) atoms. The van der Waals surface area contributed by atoms with E-state index in [-0.39, 0.29) is 11.8 Å². The molecule has 134 valence electrons. The summed E-state index contributed by atoms with van der Waals surface area (Å²) in [5.41, 5.74) is 1.41. The smallest absolute Gasteiger partial charge is 0.321 e. The van der Waals surface area contributed by atoms with Gasteiger partial charge in [-0.25, -0.2) is 0 Å². The molecule has 1 aliphatic heterocycles. The van der Waals surface area contributed by atoms with Gasteiger partial charge in [-0.3, -0.25) is 4.79 Å². The normalized spacial score (nSPS) is 23.2. The van der Waals surface area contributed by atoms with E-state index in [0.717, 1.165) is 29.7 Å². The Labute approximate surface area is 149 Å². The fraction of sp³-hybridized carbons (Fsp3) is 0.300. The maximum absolute atomic E-state index is 13.1. The Hall–Kier alpha value is -2.63. The minimum Gasteiger partial charge on any atom is -0.321 e. The Morgan fingerprint density at radius 1 is 1.15 bits per heavy atom. The van der Waals surface area contributed by atoms with Crippen LogP contribution in [-0.2, 0) is 17.5 Å². The highest BCUT2D eigenvalue weighted by Gasteiger charge is 2.40. The van der Waals surface area contributed by atoms with Crippen LogP contribution in [0.15, 0.2) is 53.5 Å². The molecule has 0 aromatic heterocycles. The minimum atomic E-state index is -4.42. The standard InChI is InChI=1S/C20H17F3N2O/c1-12-9-17(12)19(26)24-18-16-8-3-2-5-13(16)11-25(18)15-7-4-6-14(10-15)20(21,22)23/h2-8,10,12,17H,9,11H2,1H3/t12-,17-/m0/s1. The molecule has 1 saturated carbocycles. The molecule has 0 unspecified atom stereocenters. The fourth-order valence-electron chi connectivity index (χ4n) is 3.30. The van der Waals surface area contributed by atoms with Crippen LogP contribution in [0.25, 0.3) is 0 Å². The Morgan fingerprint density at radius 3 is 2.58 bits per heavy atom. The van der Waals surface area contributed by atoms with Gasteiger partial charge in [-0.1, -0.05) is 37.3 Å². The first kappa shape index (κ1) is 16.8.